The highest BCUT2D eigenvalue weighted by atomic mass is 16.5. The molecule has 132 valence electrons. The molecule has 1 aliphatic rings. The van der Waals surface area contributed by atoms with E-state index in [2.05, 4.69) is 11.1 Å². The zero-order valence-corrected chi connectivity index (χ0v) is 14.3. The van der Waals surface area contributed by atoms with Gasteiger partial charge in [-0.3, -0.25) is 14.6 Å². The van der Waals surface area contributed by atoms with Crippen LogP contribution in [-0.4, -0.2) is 40.6 Å². The van der Waals surface area contributed by atoms with Gasteiger partial charge in [0.2, 0.25) is 0 Å². The van der Waals surface area contributed by atoms with Gasteiger partial charge in [0.05, 0.1) is 7.11 Å². The third-order valence-electron chi connectivity index (χ3n) is 4.70. The van der Waals surface area contributed by atoms with Crippen LogP contribution in [0.1, 0.15) is 34.7 Å². The molecule has 1 N–H and O–H groups in total. The molecule has 2 aromatic rings. The van der Waals surface area contributed by atoms with Crippen molar-refractivity contribution in [3.8, 4) is 5.75 Å². The van der Waals surface area contributed by atoms with Crippen molar-refractivity contribution in [2.45, 2.75) is 18.8 Å². The lowest BCUT2D eigenvalue weighted by atomic mass is 9.88. The third-order valence-corrected chi connectivity index (χ3v) is 4.70. The van der Waals surface area contributed by atoms with Gasteiger partial charge >= 0.3 is 5.69 Å². The van der Waals surface area contributed by atoms with Gasteiger partial charge in [-0.2, -0.15) is 0 Å². The van der Waals surface area contributed by atoms with Crippen LogP contribution in [0.25, 0.3) is 0 Å². The highest BCUT2D eigenvalue weighted by Crippen LogP contribution is 2.34. The first-order chi connectivity index (χ1) is 12.0. The summed E-state index contributed by atoms with van der Waals surface area (Å²) in [5.41, 5.74) is -0.0220. The molecule has 1 fully saturated rings. The van der Waals surface area contributed by atoms with Gasteiger partial charge in [-0.25, -0.2) is 4.79 Å². The largest absolute Gasteiger partial charge is 0.496 e. The molecule has 7 nitrogen and oxygen atoms in total. The van der Waals surface area contributed by atoms with Crippen molar-refractivity contribution in [2.75, 3.05) is 20.2 Å². The fourth-order valence-corrected chi connectivity index (χ4v) is 3.28. The molecule has 2 heterocycles. The van der Waals surface area contributed by atoms with E-state index in [-0.39, 0.29) is 11.5 Å². The van der Waals surface area contributed by atoms with Crippen LogP contribution in [0.5, 0.6) is 5.75 Å². The molecule has 0 bridgehead atoms. The van der Waals surface area contributed by atoms with Crippen LogP contribution in [-0.2, 0) is 7.05 Å². The van der Waals surface area contributed by atoms with Crippen molar-refractivity contribution < 1.29 is 9.53 Å². The fourth-order valence-electron chi connectivity index (χ4n) is 3.28. The summed E-state index contributed by atoms with van der Waals surface area (Å²) in [5, 5.41) is 0. The molecule has 1 saturated heterocycles. The Labute approximate surface area is 144 Å². The number of nitrogens with one attached hydrogen (secondary N) is 1. The Hall–Kier alpha value is -2.83. The predicted molar refractivity (Wildman–Crippen MR) is 93.2 cm³/mol. The van der Waals surface area contributed by atoms with E-state index in [1.807, 2.05) is 18.2 Å². The van der Waals surface area contributed by atoms with Crippen molar-refractivity contribution in [3.63, 3.8) is 0 Å². The summed E-state index contributed by atoms with van der Waals surface area (Å²) in [4.78, 5) is 39.8. The molecule has 0 atom stereocenters. The quantitative estimate of drug-likeness (QED) is 0.904. The monoisotopic (exact) mass is 343 g/mol. The average molecular weight is 343 g/mol. The number of aromatic amines is 1. The molecule has 0 aliphatic carbocycles. The molecule has 1 aliphatic heterocycles. The van der Waals surface area contributed by atoms with Crippen LogP contribution in [0.3, 0.4) is 0 Å². The molecular formula is C18H21N3O4. The number of amides is 1. The molecule has 0 spiro atoms. The number of nitrogens with zero attached hydrogens (tertiary/aromatic N) is 2. The lowest BCUT2D eigenvalue weighted by Gasteiger charge is -2.32. The van der Waals surface area contributed by atoms with Crippen LogP contribution < -0.4 is 16.0 Å². The minimum Gasteiger partial charge on any atom is -0.496 e. The van der Waals surface area contributed by atoms with Crippen molar-refractivity contribution in [2.24, 2.45) is 7.05 Å². The second kappa shape index (κ2) is 6.96. The summed E-state index contributed by atoms with van der Waals surface area (Å²) in [6.07, 6.45) is 2.90. The third kappa shape index (κ3) is 3.35. The number of para-hydroxylation sites is 1. The zero-order valence-electron chi connectivity index (χ0n) is 14.3. The summed E-state index contributed by atoms with van der Waals surface area (Å²) in [6, 6.07) is 7.92. The first-order valence-electron chi connectivity index (χ1n) is 8.23. The van der Waals surface area contributed by atoms with Crippen LogP contribution in [0.2, 0.25) is 0 Å². The van der Waals surface area contributed by atoms with Crippen LogP contribution in [0.15, 0.2) is 40.1 Å². The van der Waals surface area contributed by atoms with E-state index in [1.165, 1.54) is 17.8 Å². The van der Waals surface area contributed by atoms with Gasteiger partial charge in [0, 0.05) is 26.3 Å². The second-order valence-electron chi connectivity index (χ2n) is 6.22. The fraction of sp³-hybridized carbons (Fsp3) is 0.389. The van der Waals surface area contributed by atoms with Gasteiger partial charge < -0.3 is 14.2 Å². The van der Waals surface area contributed by atoms with Gasteiger partial charge in [-0.05, 0) is 30.4 Å². The molecule has 25 heavy (non-hydrogen) atoms. The van der Waals surface area contributed by atoms with Gasteiger partial charge in [0.25, 0.3) is 11.5 Å². The van der Waals surface area contributed by atoms with E-state index < -0.39 is 11.2 Å². The molecule has 0 saturated carbocycles. The maximum Gasteiger partial charge on any atom is 0.328 e. The molecule has 1 aromatic carbocycles. The molecule has 0 unspecified atom stereocenters. The van der Waals surface area contributed by atoms with E-state index in [9.17, 15) is 14.4 Å². The molecule has 1 amide bonds. The Balaban J connectivity index is 1.74. The predicted octanol–water partition coefficient (Wildman–Crippen LogP) is 1.10. The minimum absolute atomic E-state index is 0.00200. The van der Waals surface area contributed by atoms with Crippen molar-refractivity contribution in [1.29, 1.82) is 0 Å². The minimum atomic E-state index is -0.639. The SMILES string of the molecule is COc1ccccc1C1CCN(C(=O)c2cn(C)c(=O)[nH]c2=O)CC1. The number of H-pyrrole nitrogens is 1. The van der Waals surface area contributed by atoms with Gasteiger partial charge in [0.15, 0.2) is 0 Å². The Morgan fingerprint density at radius 2 is 1.88 bits per heavy atom. The average Bonchev–Trinajstić information content (AvgIpc) is 2.64. The van der Waals surface area contributed by atoms with Crippen LogP contribution in [0.4, 0.5) is 0 Å². The Kier molecular flexibility index (Phi) is 4.74. The van der Waals surface area contributed by atoms with Crippen LogP contribution in [0, 0.1) is 0 Å². The summed E-state index contributed by atoms with van der Waals surface area (Å²) < 4.78 is 6.63. The lowest BCUT2D eigenvalue weighted by molar-refractivity contribution is 0.0709. The standard InChI is InChI=1S/C18H21N3O4/c1-20-11-14(16(22)19-18(20)24)17(23)21-9-7-12(8-10-21)13-5-3-4-6-15(13)25-2/h3-6,11-12H,7-10H2,1-2H3,(H,19,22,24). The zero-order chi connectivity index (χ0) is 18.0. The van der Waals surface area contributed by atoms with E-state index in [0.29, 0.717) is 19.0 Å². The summed E-state index contributed by atoms with van der Waals surface area (Å²) in [7, 11) is 3.16. The van der Waals surface area contributed by atoms with Crippen molar-refractivity contribution in [1.82, 2.24) is 14.5 Å². The second-order valence-corrected chi connectivity index (χ2v) is 6.22. The lowest BCUT2D eigenvalue weighted by Crippen LogP contribution is -2.42. The number of likely N-dealkylation sites (tertiary alicyclic amines) is 1. The molecule has 3 rings (SSSR count). The number of aromatic nitrogens is 2. The summed E-state index contributed by atoms with van der Waals surface area (Å²) >= 11 is 0. The smallest absolute Gasteiger partial charge is 0.328 e. The van der Waals surface area contributed by atoms with Gasteiger partial charge in [-0.15, -0.1) is 0 Å². The van der Waals surface area contributed by atoms with E-state index in [1.54, 1.807) is 12.0 Å². The van der Waals surface area contributed by atoms with E-state index in [4.69, 9.17) is 4.74 Å². The maximum absolute atomic E-state index is 12.6. The molecule has 1 aromatic heterocycles. The molecule has 0 radical (unpaired) electrons. The highest BCUT2D eigenvalue weighted by molar-refractivity contribution is 5.93. The number of rotatable bonds is 3. The maximum atomic E-state index is 12.6. The summed E-state index contributed by atoms with van der Waals surface area (Å²) in [5.74, 6) is 0.843. The first-order valence-corrected chi connectivity index (χ1v) is 8.23. The summed E-state index contributed by atoms with van der Waals surface area (Å²) in [6.45, 7) is 1.12. The van der Waals surface area contributed by atoms with E-state index >= 15 is 0 Å². The number of piperidine rings is 1. The number of carbonyl (C=O) groups excluding carboxylic acids is 1. The van der Waals surface area contributed by atoms with Gasteiger partial charge in [0.1, 0.15) is 11.3 Å². The Morgan fingerprint density at radius 1 is 1.20 bits per heavy atom. The van der Waals surface area contributed by atoms with E-state index in [0.717, 1.165) is 24.2 Å². The number of carbonyl (C=O) groups is 1. The van der Waals surface area contributed by atoms with Crippen LogP contribution >= 0.6 is 0 Å². The number of methoxy groups -OCH3 is 1. The Morgan fingerprint density at radius 3 is 2.56 bits per heavy atom. The normalized spacial score (nSPS) is 15.2. The topological polar surface area (TPSA) is 84.4 Å². The number of aryl methyl sites for hydroxylation is 1. The highest BCUT2D eigenvalue weighted by Gasteiger charge is 2.27. The number of hydrogen-bond donors (Lipinski definition) is 1. The van der Waals surface area contributed by atoms with Crippen molar-refractivity contribution >= 4 is 5.91 Å². The van der Waals surface area contributed by atoms with Gasteiger partial charge in [-0.1, -0.05) is 18.2 Å². The molecule has 7 heteroatoms. The number of benzene rings is 1. The number of ether oxygens (including phenoxy) is 1. The number of hydrogen-bond acceptors (Lipinski definition) is 4. The molecular weight excluding hydrogens is 322 g/mol. The van der Waals surface area contributed by atoms with Crippen molar-refractivity contribution in [3.05, 3.63) is 62.4 Å². The first kappa shape index (κ1) is 17.0. The Bertz CT molecular complexity index is 892.